The number of aliphatic hydroxyl groups excluding tert-OH is 2. The van der Waals surface area contributed by atoms with Gasteiger partial charge in [0.1, 0.15) is 23.3 Å². The number of hydrogen-bond donors (Lipinski definition) is 7. The van der Waals surface area contributed by atoms with Crippen molar-refractivity contribution in [1.82, 2.24) is 26.3 Å². The second kappa shape index (κ2) is 44.1. The van der Waals surface area contributed by atoms with Crippen molar-refractivity contribution in [2.75, 3.05) is 117 Å². The minimum Gasteiger partial charge on any atom is -0.443 e. The molecule has 7 saturated heterocycles. The van der Waals surface area contributed by atoms with Crippen LogP contribution in [0.15, 0.2) is 186 Å². The molecule has 18 rings (SSSR count). The predicted molar refractivity (Wildman–Crippen MR) is 505 cm³/mol. The van der Waals surface area contributed by atoms with Crippen LogP contribution in [0.4, 0.5) is 4.79 Å². The summed E-state index contributed by atoms with van der Waals surface area (Å²) >= 11 is 34.3. The zero-order valence-corrected chi connectivity index (χ0v) is 81.6. The number of oxime groups is 1. The van der Waals surface area contributed by atoms with Crippen molar-refractivity contribution < 1.29 is 72.2 Å². The van der Waals surface area contributed by atoms with Gasteiger partial charge < -0.3 is 69.4 Å². The lowest BCUT2D eigenvalue weighted by molar-refractivity contribution is -0.0297. The van der Waals surface area contributed by atoms with Crippen molar-refractivity contribution in [3.8, 4) is 0 Å². The van der Waals surface area contributed by atoms with Crippen LogP contribution in [0.2, 0.25) is 0 Å². The number of ether oxygens (including phenoxy) is 7. The highest BCUT2D eigenvalue weighted by Crippen LogP contribution is 2.52. The van der Waals surface area contributed by atoms with Gasteiger partial charge >= 0.3 is 6.09 Å². The number of fused-ring (bicyclic) bond motifs is 4. The van der Waals surface area contributed by atoms with E-state index in [1.807, 2.05) is 70.7 Å². The largest absolute Gasteiger partial charge is 0.443 e. The molecular formula is C85H96Br5N9O15S8. The summed E-state index contributed by atoms with van der Waals surface area (Å²) in [7, 11) is 0. The molecular weight excluding hydrogens is 2040 g/mol. The predicted octanol–water partition coefficient (Wildman–Crippen LogP) is 17.6. The summed E-state index contributed by atoms with van der Waals surface area (Å²) in [5.41, 5.74) is 9.81. The highest BCUT2D eigenvalue weighted by atomic mass is 79.9. The number of nitrogens with zero attached hydrogens (tertiary/aromatic N) is 4. The fourth-order valence-electron chi connectivity index (χ4n) is 15.6. The molecule has 654 valence electrons. The molecule has 0 radical (unpaired) electrons. The molecule has 3 aromatic carbocycles. The Morgan fingerprint density at radius 1 is 0.557 bits per heavy atom. The van der Waals surface area contributed by atoms with Gasteiger partial charge in [-0.15, -0.1) is 56.7 Å². The molecule has 8 aromatic rings. The van der Waals surface area contributed by atoms with E-state index in [9.17, 15) is 29.4 Å². The van der Waals surface area contributed by atoms with Gasteiger partial charge in [-0.1, -0.05) is 83.3 Å². The maximum Gasteiger partial charge on any atom is 0.423 e. The number of thiophene rings is 5. The van der Waals surface area contributed by atoms with Crippen LogP contribution in [0.25, 0.3) is 0 Å². The maximum atomic E-state index is 13.5. The third-order valence-electron chi connectivity index (χ3n) is 22.3. The zero-order chi connectivity index (χ0) is 86.1. The molecule has 0 bridgehead atoms. The summed E-state index contributed by atoms with van der Waals surface area (Å²) in [6.07, 6.45) is 4.19. The molecule has 122 heavy (non-hydrogen) atoms. The summed E-state index contributed by atoms with van der Waals surface area (Å²) in [5, 5.41) is 43.8. The first-order valence-electron chi connectivity index (χ1n) is 39.8. The van der Waals surface area contributed by atoms with Gasteiger partial charge in [-0.3, -0.25) is 19.7 Å². The number of aliphatic imine (C=N–C) groups is 2. The van der Waals surface area contributed by atoms with Gasteiger partial charge in [-0.25, -0.2) is 14.8 Å². The first kappa shape index (κ1) is 95.0. The van der Waals surface area contributed by atoms with Gasteiger partial charge in [0.25, 0.3) is 17.7 Å². The SMILES string of the molecule is Brc1csc([C@]23CCOC[C@H]2CON3)c1.C1CC2=NOCC2CO1.CC(C)(C)OC(=O)N(C(=O)c1ccccc1)C1=N[C@@]2(c3cc(Br)cs3)CCOC[C@H]2CS1.N[C@@]1(c2cc(Br)cs2)CCOC[C@H]1CO.O=C(NC(=S)N[C@@]1(c2cc(Br)cs2)CCOC[C@H]1CO)c1ccccc1.O=C(NC1=N[C@@]2(c3cc(Br)cs3)CCOC[C@H]2CS1)c1ccccc1. The normalized spacial score (nSPS) is 26.9. The third kappa shape index (κ3) is 23.3. The minimum absolute atomic E-state index is 0.00296. The number of imide groups is 1. The van der Waals surface area contributed by atoms with Crippen LogP contribution in [0, 0.1) is 35.5 Å². The summed E-state index contributed by atoms with van der Waals surface area (Å²) in [6, 6.07) is 37.4. The molecule has 11 atom stereocenters. The highest BCUT2D eigenvalue weighted by molar-refractivity contribution is 9.11. The number of nitrogens with two attached hydrogens (primary N) is 1. The quantitative estimate of drug-likeness (QED) is 0.0592. The van der Waals surface area contributed by atoms with Gasteiger partial charge in [0, 0.05) is 184 Å². The van der Waals surface area contributed by atoms with E-state index in [2.05, 4.69) is 135 Å². The van der Waals surface area contributed by atoms with Crippen LogP contribution in [0.3, 0.4) is 0 Å². The van der Waals surface area contributed by atoms with Crippen LogP contribution >= 0.6 is 172 Å². The minimum atomic E-state index is -0.746. The number of hydroxylamine groups is 1. The Balaban J connectivity index is 0.000000131. The number of thiocarbonyl (C=S) groups is 1. The number of thioether (sulfide) groups is 2. The lowest BCUT2D eigenvalue weighted by Gasteiger charge is -2.44. The molecule has 10 aliphatic rings. The molecule has 7 fully saturated rings. The molecule has 0 spiro atoms. The summed E-state index contributed by atoms with van der Waals surface area (Å²) in [6.45, 7) is 14.8. The molecule has 8 N–H and O–H groups in total. The van der Waals surface area contributed by atoms with E-state index in [1.165, 1.54) is 27.2 Å². The van der Waals surface area contributed by atoms with E-state index in [-0.39, 0.29) is 59.0 Å². The van der Waals surface area contributed by atoms with Gasteiger partial charge in [0.15, 0.2) is 15.4 Å². The summed E-state index contributed by atoms with van der Waals surface area (Å²) < 4.78 is 44.0. The van der Waals surface area contributed by atoms with E-state index in [0.29, 0.717) is 116 Å². The van der Waals surface area contributed by atoms with Crippen molar-refractivity contribution in [2.45, 2.75) is 92.6 Å². The number of benzene rings is 3. The lowest BCUT2D eigenvalue weighted by Crippen LogP contribution is -2.58. The smallest absolute Gasteiger partial charge is 0.423 e. The average Bonchev–Trinajstić information content (AvgIpc) is 1.40. The number of rotatable bonds is 11. The number of halogens is 5. The molecule has 0 aliphatic carbocycles. The third-order valence-corrected chi connectivity index (χ3v) is 34.0. The topological polar surface area (TPSA) is 306 Å². The molecule has 4 amide bonds. The van der Waals surface area contributed by atoms with Crippen molar-refractivity contribution in [2.24, 2.45) is 56.4 Å². The summed E-state index contributed by atoms with van der Waals surface area (Å²) in [5.74, 6) is 1.98. The number of hydrogen-bond acceptors (Lipinski definition) is 28. The van der Waals surface area contributed by atoms with E-state index in [1.54, 1.807) is 138 Å². The van der Waals surface area contributed by atoms with Gasteiger partial charge in [-0.05, 0) is 199 Å². The van der Waals surface area contributed by atoms with Crippen LogP contribution < -0.4 is 27.2 Å². The summed E-state index contributed by atoms with van der Waals surface area (Å²) in [4.78, 5) is 79.0. The van der Waals surface area contributed by atoms with Gasteiger partial charge in [0.05, 0.1) is 94.3 Å². The first-order chi connectivity index (χ1) is 58.9. The highest BCUT2D eigenvalue weighted by Gasteiger charge is 2.52. The molecule has 24 nitrogen and oxygen atoms in total. The Hall–Kier alpha value is -4.60. The van der Waals surface area contributed by atoms with Crippen LogP contribution in [-0.4, -0.2) is 183 Å². The van der Waals surface area contributed by atoms with E-state index in [0.717, 1.165) is 113 Å². The number of carbonyl (C=O) groups is 4. The standard InChI is InChI=1S/C23H25BrN2O4S2.C18H19BrN2O3S2.C18H17BrN2O2S2.C10H12BrNO2S.C10H14BrNO2S.C6H9NO2/c1-22(2,3)30-21(28)26(19(27)15-7-5-4-6-8-15)20-25-23(18-11-17(24)14-31-18)9-10-29-12-16(23)13-32-20;19-14-8-15(26-11-14)18(6-7-24-10-13(18)9-22)21-17(25)20-16(23)12-4-2-1-3-5-12;19-14-8-15(24-11-14)18-6-7-23-9-13(18)10-25-17(21-18)20-16(22)12-4-2-1-3-5-12;11-8-3-9(15-6-8)10-1-2-13-4-7(10)5-14-12-10;11-8-3-9(15-6-8)10(12)1-2-14-5-7(10)4-13;1-2-8-3-5-4-9-7-6(1)5/h4-8,11,14,16H,9-10,12-13H2,1-3H3;1-5,8,11,13,22H,6-7,9-10H2,(H2,20,21,23,25);1-5,8,11,13H,6-7,9-10H2,(H,20,21,22);3,6-7,12H,1-2,4-5H2;3,6-7,13H,1-2,4-5,12H2;5H,1-4H2/t16-,23-;13-,18+;13-,18-;7-,10-;7-,10+;/m01001./s1. The number of amides is 4. The average molecular weight is 2140 g/mol. The van der Waals surface area contributed by atoms with Gasteiger partial charge in [0.2, 0.25) is 0 Å². The first-order valence-corrected chi connectivity index (χ1v) is 50.5. The second-order valence-corrected chi connectivity index (χ2v) is 42.8. The number of carbonyl (C=O) groups excluding carboxylic acids is 4. The van der Waals surface area contributed by atoms with Gasteiger partial charge in [-0.2, -0.15) is 10.4 Å². The number of amidine groups is 2. The Morgan fingerprint density at radius 3 is 1.60 bits per heavy atom. The molecule has 37 heteroatoms. The van der Waals surface area contributed by atoms with Crippen molar-refractivity contribution in [3.05, 3.63) is 212 Å². The maximum absolute atomic E-state index is 13.5. The molecule has 15 heterocycles. The molecule has 0 saturated carbocycles. The number of nitrogens with one attached hydrogen (secondary N) is 4. The van der Waals surface area contributed by atoms with Crippen LogP contribution in [0.5, 0.6) is 0 Å². The van der Waals surface area contributed by atoms with Crippen molar-refractivity contribution in [3.63, 3.8) is 0 Å². The van der Waals surface area contributed by atoms with Crippen LogP contribution in [-0.2, 0) is 70.5 Å². The fraction of sp³-hybridized carbons (Fsp3) is 0.459. The lowest BCUT2D eigenvalue weighted by atomic mass is 9.79. The Morgan fingerprint density at radius 2 is 1.04 bits per heavy atom. The Bertz CT molecular complexity index is 4950. The zero-order valence-electron chi connectivity index (χ0n) is 67.1. The Labute approximate surface area is 785 Å². The fourth-order valence-corrected chi connectivity index (χ4v) is 26.6. The van der Waals surface area contributed by atoms with E-state index in [4.69, 9.17) is 70.8 Å². The molecule has 10 aliphatic heterocycles. The molecule has 1 unspecified atom stereocenters. The van der Waals surface area contributed by atoms with E-state index >= 15 is 0 Å². The van der Waals surface area contributed by atoms with Crippen LogP contribution in [0.1, 0.15) is 115 Å². The molecule has 5 aromatic heterocycles. The number of aliphatic hydroxyl groups is 2. The second-order valence-electron chi connectivity index (χ2n) is 31.3. The van der Waals surface area contributed by atoms with Crippen molar-refractivity contribution in [1.29, 1.82) is 0 Å². The Kier molecular flexibility index (Phi) is 34.4. The monoisotopic (exact) mass is 2130 g/mol. The van der Waals surface area contributed by atoms with Crippen molar-refractivity contribution >= 4 is 217 Å². The van der Waals surface area contributed by atoms with E-state index < -0.39 is 34.2 Å².